The van der Waals surface area contributed by atoms with Gasteiger partial charge in [-0.25, -0.2) is 4.98 Å². The number of hydrogen-bond acceptors (Lipinski definition) is 4. The van der Waals surface area contributed by atoms with E-state index in [0.29, 0.717) is 43.2 Å². The highest BCUT2D eigenvalue weighted by atomic mass is 35.5. The van der Waals surface area contributed by atoms with Gasteiger partial charge in [0.25, 0.3) is 0 Å². The number of nitriles is 1. The minimum Gasteiger partial charge on any atom is -0.493 e. The molecular weight excluding hydrogens is 355 g/mol. The Morgan fingerprint density at radius 2 is 1.96 bits per heavy atom. The molecule has 0 bridgehead atoms. The molecule has 1 saturated carbocycles. The summed E-state index contributed by atoms with van der Waals surface area (Å²) in [5.41, 5.74) is 0.211. The number of hydrogen-bond donors (Lipinski definition) is 0. The Morgan fingerprint density at radius 1 is 1.28 bits per heavy atom. The molecule has 136 valence electrons. The Hall–Kier alpha value is -1.52. The molecule has 0 N–H and O–H groups in total. The van der Waals surface area contributed by atoms with E-state index in [1.165, 1.54) is 4.90 Å². The molecule has 2 fully saturated rings. The predicted octanol–water partition coefficient (Wildman–Crippen LogP) is 3.90. The van der Waals surface area contributed by atoms with Gasteiger partial charge in [-0.15, -0.1) is 0 Å². The van der Waals surface area contributed by atoms with Crippen molar-refractivity contribution in [2.45, 2.75) is 25.4 Å². The second kappa shape index (κ2) is 7.38. The highest BCUT2D eigenvalue weighted by Gasteiger charge is 2.43. The average Bonchev–Trinajstić information content (AvgIpc) is 3.02. The molecule has 0 aromatic carbocycles. The summed E-state index contributed by atoms with van der Waals surface area (Å²) in [6, 6.07) is 5.04. The lowest BCUT2D eigenvalue weighted by atomic mass is 10.0. The molecule has 2 aliphatic rings. The van der Waals surface area contributed by atoms with Crippen LogP contribution >= 0.6 is 11.6 Å². The smallest absolute Gasteiger partial charge is 0.401 e. The third-order valence-electron chi connectivity index (χ3n) is 5.00. The maximum absolute atomic E-state index is 12.5. The zero-order valence-corrected chi connectivity index (χ0v) is 14.4. The van der Waals surface area contributed by atoms with Crippen LogP contribution in [0.3, 0.4) is 0 Å². The van der Waals surface area contributed by atoms with Crippen molar-refractivity contribution < 1.29 is 17.9 Å². The maximum atomic E-state index is 12.5. The van der Waals surface area contributed by atoms with Crippen LogP contribution < -0.4 is 4.74 Å². The first-order valence-corrected chi connectivity index (χ1v) is 8.70. The summed E-state index contributed by atoms with van der Waals surface area (Å²) < 4.78 is 43.1. The van der Waals surface area contributed by atoms with Crippen molar-refractivity contribution in [3.8, 4) is 11.8 Å². The van der Waals surface area contributed by atoms with E-state index in [1.807, 2.05) is 6.07 Å². The molecule has 1 aromatic rings. The summed E-state index contributed by atoms with van der Waals surface area (Å²) in [7, 11) is 0. The van der Waals surface area contributed by atoms with Crippen LogP contribution in [0.4, 0.5) is 13.2 Å². The molecule has 0 radical (unpaired) electrons. The SMILES string of the molecule is N#Cc1cc(OCCC2C[C@@H]3CN(CC(F)(F)F)C[C@@H]3C2)cc(Cl)n1. The molecule has 25 heavy (non-hydrogen) atoms. The van der Waals surface area contributed by atoms with Gasteiger partial charge < -0.3 is 4.74 Å². The monoisotopic (exact) mass is 373 g/mol. The summed E-state index contributed by atoms with van der Waals surface area (Å²) in [4.78, 5) is 5.38. The normalized spacial score (nSPS) is 26.4. The van der Waals surface area contributed by atoms with Gasteiger partial charge in [0.15, 0.2) is 0 Å². The molecule has 0 spiro atoms. The molecule has 3 atom stereocenters. The second-order valence-electron chi connectivity index (χ2n) is 6.93. The van der Waals surface area contributed by atoms with E-state index in [-0.39, 0.29) is 10.8 Å². The van der Waals surface area contributed by atoms with Gasteiger partial charge in [0.2, 0.25) is 0 Å². The van der Waals surface area contributed by atoms with Gasteiger partial charge in [0.05, 0.1) is 13.2 Å². The zero-order valence-electron chi connectivity index (χ0n) is 13.6. The lowest BCUT2D eigenvalue weighted by Crippen LogP contribution is -2.33. The molecule has 1 unspecified atom stereocenters. The van der Waals surface area contributed by atoms with Gasteiger partial charge in [-0.2, -0.15) is 18.4 Å². The molecule has 0 amide bonds. The van der Waals surface area contributed by atoms with E-state index >= 15 is 0 Å². The average molecular weight is 374 g/mol. The van der Waals surface area contributed by atoms with Crippen LogP contribution in [0.25, 0.3) is 0 Å². The number of alkyl halides is 3. The Kier molecular flexibility index (Phi) is 5.40. The molecule has 8 heteroatoms. The Bertz CT molecular complexity index is 648. The van der Waals surface area contributed by atoms with Gasteiger partial charge in [-0.3, -0.25) is 4.90 Å². The summed E-state index contributed by atoms with van der Waals surface area (Å²) in [6.45, 7) is 0.805. The molecule has 4 nitrogen and oxygen atoms in total. The first kappa shape index (κ1) is 18.3. The Morgan fingerprint density at radius 3 is 2.56 bits per heavy atom. The van der Waals surface area contributed by atoms with Crippen LogP contribution in [0.2, 0.25) is 5.15 Å². The van der Waals surface area contributed by atoms with Crippen molar-refractivity contribution in [2.75, 3.05) is 26.2 Å². The lowest BCUT2D eigenvalue weighted by molar-refractivity contribution is -0.144. The Balaban J connectivity index is 1.42. The van der Waals surface area contributed by atoms with Crippen LogP contribution in [0.1, 0.15) is 25.0 Å². The van der Waals surface area contributed by atoms with Gasteiger partial charge in [0.1, 0.15) is 22.7 Å². The lowest BCUT2D eigenvalue weighted by Gasteiger charge is -2.20. The quantitative estimate of drug-likeness (QED) is 0.734. The summed E-state index contributed by atoms with van der Waals surface area (Å²) >= 11 is 5.83. The second-order valence-corrected chi connectivity index (χ2v) is 7.31. The van der Waals surface area contributed by atoms with E-state index in [9.17, 15) is 13.2 Å². The fourth-order valence-electron chi connectivity index (χ4n) is 4.10. The maximum Gasteiger partial charge on any atom is 0.401 e. The standard InChI is InChI=1S/C17H19ClF3N3O/c18-16-6-15(5-14(7-22)23-16)25-2-1-11-3-12-8-24(9-13(12)4-11)10-17(19,20)21/h5-6,11-13H,1-4,8-10H2/t11?,12-,13+. The van der Waals surface area contributed by atoms with E-state index in [2.05, 4.69) is 4.98 Å². The first-order valence-electron chi connectivity index (χ1n) is 8.32. The largest absolute Gasteiger partial charge is 0.493 e. The molecule has 3 rings (SSSR count). The number of rotatable bonds is 5. The van der Waals surface area contributed by atoms with Crippen molar-refractivity contribution >= 4 is 11.6 Å². The third-order valence-corrected chi connectivity index (χ3v) is 5.20. The number of halogens is 4. The number of nitrogens with zero attached hydrogens (tertiary/aromatic N) is 3. The molecule has 2 heterocycles. The molecule has 1 aliphatic heterocycles. The van der Waals surface area contributed by atoms with Gasteiger partial charge in [0, 0.05) is 25.2 Å². The minimum atomic E-state index is -4.11. The summed E-state index contributed by atoms with van der Waals surface area (Å²) in [5.74, 6) is 1.74. The van der Waals surface area contributed by atoms with E-state index < -0.39 is 12.7 Å². The van der Waals surface area contributed by atoms with Gasteiger partial charge >= 0.3 is 6.18 Å². The number of pyridine rings is 1. The fraction of sp³-hybridized carbons (Fsp3) is 0.647. The topological polar surface area (TPSA) is 49.1 Å². The van der Waals surface area contributed by atoms with E-state index in [0.717, 1.165) is 19.3 Å². The summed E-state index contributed by atoms with van der Waals surface area (Å²) in [5, 5.41) is 9.08. The van der Waals surface area contributed by atoms with Crippen LogP contribution in [0.15, 0.2) is 12.1 Å². The van der Waals surface area contributed by atoms with E-state index in [1.54, 1.807) is 12.1 Å². The fourth-order valence-corrected chi connectivity index (χ4v) is 4.30. The van der Waals surface area contributed by atoms with Crippen LogP contribution in [-0.4, -0.2) is 42.3 Å². The van der Waals surface area contributed by atoms with Crippen LogP contribution in [0, 0.1) is 29.1 Å². The number of likely N-dealkylation sites (tertiary alicyclic amines) is 1. The first-order chi connectivity index (χ1) is 11.8. The number of aromatic nitrogens is 1. The minimum absolute atomic E-state index is 0.211. The summed E-state index contributed by atoms with van der Waals surface area (Å²) in [6.07, 6.45) is -1.33. The Labute approximate surface area is 149 Å². The van der Waals surface area contributed by atoms with Crippen LogP contribution in [0.5, 0.6) is 5.75 Å². The van der Waals surface area contributed by atoms with Gasteiger partial charge in [-0.05, 0) is 37.0 Å². The molecule has 1 aliphatic carbocycles. The number of ether oxygens (including phenoxy) is 1. The third kappa shape index (κ3) is 4.99. The van der Waals surface area contributed by atoms with Crippen molar-refractivity contribution in [3.05, 3.63) is 23.0 Å². The van der Waals surface area contributed by atoms with Crippen molar-refractivity contribution in [1.82, 2.24) is 9.88 Å². The van der Waals surface area contributed by atoms with E-state index in [4.69, 9.17) is 21.6 Å². The zero-order chi connectivity index (χ0) is 18.0. The van der Waals surface area contributed by atoms with Crippen molar-refractivity contribution in [1.29, 1.82) is 5.26 Å². The van der Waals surface area contributed by atoms with Crippen molar-refractivity contribution in [3.63, 3.8) is 0 Å². The van der Waals surface area contributed by atoms with Crippen LogP contribution in [-0.2, 0) is 0 Å². The van der Waals surface area contributed by atoms with Crippen molar-refractivity contribution in [2.24, 2.45) is 17.8 Å². The predicted molar refractivity (Wildman–Crippen MR) is 86.3 cm³/mol. The highest BCUT2D eigenvalue weighted by molar-refractivity contribution is 6.29. The number of fused-ring (bicyclic) bond motifs is 1. The van der Waals surface area contributed by atoms with Gasteiger partial charge in [-0.1, -0.05) is 11.6 Å². The molecule has 1 saturated heterocycles. The molecule has 1 aromatic heterocycles. The molecular formula is C17H19ClF3N3O. The highest BCUT2D eigenvalue weighted by Crippen LogP contribution is 2.43.